The number of ether oxygens (including phenoxy) is 2. The molecule has 0 aromatic heterocycles. The van der Waals surface area contributed by atoms with E-state index in [4.69, 9.17) is 9.47 Å². The molecular formula is C15H22N2O3. The van der Waals surface area contributed by atoms with E-state index in [0.29, 0.717) is 13.0 Å². The van der Waals surface area contributed by atoms with Gasteiger partial charge < -0.3 is 19.3 Å². The van der Waals surface area contributed by atoms with E-state index in [1.54, 1.807) is 19.0 Å². The summed E-state index contributed by atoms with van der Waals surface area (Å²) in [5.41, 5.74) is 0. The quantitative estimate of drug-likeness (QED) is 0.812. The zero-order valence-electron chi connectivity index (χ0n) is 12.3. The number of amides is 1. The van der Waals surface area contributed by atoms with Crippen LogP contribution in [0.2, 0.25) is 0 Å². The highest BCUT2D eigenvalue weighted by molar-refractivity contribution is 5.75. The smallest absolute Gasteiger partial charge is 0.223 e. The van der Waals surface area contributed by atoms with E-state index >= 15 is 0 Å². The average molecular weight is 278 g/mol. The maximum absolute atomic E-state index is 11.5. The molecule has 1 unspecified atom stereocenters. The van der Waals surface area contributed by atoms with Gasteiger partial charge in [0.2, 0.25) is 5.91 Å². The van der Waals surface area contributed by atoms with E-state index in [0.717, 1.165) is 24.6 Å². The van der Waals surface area contributed by atoms with Crippen molar-refractivity contribution in [3.8, 4) is 11.5 Å². The van der Waals surface area contributed by atoms with Gasteiger partial charge in [-0.25, -0.2) is 0 Å². The first-order valence-electron chi connectivity index (χ1n) is 6.83. The number of para-hydroxylation sites is 2. The molecule has 1 aliphatic rings. The van der Waals surface area contributed by atoms with E-state index in [2.05, 4.69) is 4.90 Å². The molecule has 1 aromatic carbocycles. The number of likely N-dealkylation sites (N-methyl/N-ethyl adjacent to an activating group) is 1. The third-order valence-corrected chi connectivity index (χ3v) is 3.29. The van der Waals surface area contributed by atoms with Crippen LogP contribution in [-0.4, -0.2) is 62.7 Å². The fourth-order valence-electron chi connectivity index (χ4n) is 2.10. The molecule has 1 amide bonds. The molecule has 1 aromatic rings. The number of rotatable bonds is 5. The number of carbonyl (C=O) groups excluding carboxylic acids is 1. The minimum absolute atomic E-state index is 0.00404. The van der Waals surface area contributed by atoms with Crippen LogP contribution in [0.15, 0.2) is 24.3 Å². The van der Waals surface area contributed by atoms with Crippen molar-refractivity contribution in [2.75, 3.05) is 40.8 Å². The highest BCUT2D eigenvalue weighted by atomic mass is 16.6. The molecule has 0 saturated carbocycles. The molecule has 5 heteroatoms. The zero-order valence-corrected chi connectivity index (χ0v) is 12.3. The molecule has 110 valence electrons. The highest BCUT2D eigenvalue weighted by Crippen LogP contribution is 2.30. The first-order valence-corrected chi connectivity index (χ1v) is 6.83. The average Bonchev–Trinajstić information content (AvgIpc) is 2.44. The summed E-state index contributed by atoms with van der Waals surface area (Å²) in [7, 11) is 5.54. The molecule has 0 saturated heterocycles. The molecule has 1 aliphatic heterocycles. The van der Waals surface area contributed by atoms with Crippen molar-refractivity contribution >= 4 is 5.91 Å². The number of hydrogen-bond donors (Lipinski definition) is 0. The summed E-state index contributed by atoms with van der Waals surface area (Å²) < 4.78 is 11.6. The van der Waals surface area contributed by atoms with Gasteiger partial charge in [0, 0.05) is 33.6 Å². The zero-order chi connectivity index (χ0) is 14.5. The van der Waals surface area contributed by atoms with Crippen molar-refractivity contribution in [3.63, 3.8) is 0 Å². The summed E-state index contributed by atoms with van der Waals surface area (Å²) in [6.07, 6.45) is 0.526. The van der Waals surface area contributed by atoms with Crippen molar-refractivity contribution < 1.29 is 14.3 Å². The van der Waals surface area contributed by atoms with Crippen LogP contribution in [0, 0.1) is 0 Å². The maximum Gasteiger partial charge on any atom is 0.223 e. The molecule has 0 spiro atoms. The van der Waals surface area contributed by atoms with Gasteiger partial charge in [-0.2, -0.15) is 0 Å². The van der Waals surface area contributed by atoms with Gasteiger partial charge in [0.15, 0.2) is 11.5 Å². The van der Waals surface area contributed by atoms with Crippen molar-refractivity contribution in [2.45, 2.75) is 12.5 Å². The topological polar surface area (TPSA) is 42.0 Å². The van der Waals surface area contributed by atoms with Crippen molar-refractivity contribution in [1.29, 1.82) is 0 Å². The van der Waals surface area contributed by atoms with Gasteiger partial charge >= 0.3 is 0 Å². The second-order valence-electron chi connectivity index (χ2n) is 5.30. The predicted octanol–water partition coefficient (Wildman–Crippen LogP) is 1.24. The minimum atomic E-state index is 0.00404. The van der Waals surface area contributed by atoms with E-state index in [1.807, 2.05) is 31.3 Å². The van der Waals surface area contributed by atoms with Crippen LogP contribution in [0.3, 0.4) is 0 Å². The van der Waals surface area contributed by atoms with Crippen LogP contribution in [-0.2, 0) is 4.79 Å². The molecule has 2 rings (SSSR count). The van der Waals surface area contributed by atoms with E-state index in [-0.39, 0.29) is 12.0 Å². The monoisotopic (exact) mass is 278 g/mol. The second-order valence-corrected chi connectivity index (χ2v) is 5.30. The summed E-state index contributed by atoms with van der Waals surface area (Å²) in [6, 6.07) is 7.69. The lowest BCUT2D eigenvalue weighted by atomic mass is 10.2. The number of benzene rings is 1. The van der Waals surface area contributed by atoms with E-state index in [9.17, 15) is 4.79 Å². The third-order valence-electron chi connectivity index (χ3n) is 3.29. The van der Waals surface area contributed by atoms with Crippen molar-refractivity contribution in [3.05, 3.63) is 24.3 Å². The molecule has 0 radical (unpaired) electrons. The number of fused-ring (bicyclic) bond motifs is 1. The number of hydrogen-bond acceptors (Lipinski definition) is 4. The lowest BCUT2D eigenvalue weighted by Crippen LogP contribution is -2.40. The largest absolute Gasteiger partial charge is 0.486 e. The molecule has 0 N–H and O–H groups in total. The van der Waals surface area contributed by atoms with Crippen LogP contribution in [0.5, 0.6) is 11.5 Å². The predicted molar refractivity (Wildman–Crippen MR) is 77.2 cm³/mol. The first-order chi connectivity index (χ1) is 9.56. The van der Waals surface area contributed by atoms with Crippen LogP contribution in [0.25, 0.3) is 0 Å². The van der Waals surface area contributed by atoms with Gasteiger partial charge in [-0.15, -0.1) is 0 Å². The molecular weight excluding hydrogens is 256 g/mol. The Kier molecular flexibility index (Phi) is 4.84. The summed E-state index contributed by atoms with van der Waals surface area (Å²) in [6.45, 7) is 2.01. The summed E-state index contributed by atoms with van der Waals surface area (Å²) in [4.78, 5) is 15.3. The molecule has 0 aliphatic carbocycles. The van der Waals surface area contributed by atoms with Gasteiger partial charge in [0.05, 0.1) is 0 Å². The van der Waals surface area contributed by atoms with Crippen LogP contribution < -0.4 is 9.47 Å². The summed E-state index contributed by atoms with van der Waals surface area (Å²) in [5, 5.41) is 0. The Morgan fingerprint density at radius 2 is 1.95 bits per heavy atom. The standard InChI is InChI=1S/C15H22N2O3/c1-16(2)15(18)8-9-17(3)10-12-11-19-13-6-4-5-7-14(13)20-12/h4-7,12H,8-11H2,1-3H3. The molecule has 5 nitrogen and oxygen atoms in total. The first kappa shape index (κ1) is 14.7. The minimum Gasteiger partial charge on any atom is -0.486 e. The summed E-state index contributed by atoms with van der Waals surface area (Å²) >= 11 is 0. The van der Waals surface area contributed by atoms with E-state index in [1.165, 1.54) is 0 Å². The lowest BCUT2D eigenvalue weighted by Gasteiger charge is -2.29. The summed E-state index contributed by atoms with van der Waals surface area (Å²) in [5.74, 6) is 1.73. The second kappa shape index (κ2) is 6.61. The highest BCUT2D eigenvalue weighted by Gasteiger charge is 2.22. The van der Waals surface area contributed by atoms with Crippen LogP contribution >= 0.6 is 0 Å². The maximum atomic E-state index is 11.5. The Bertz CT molecular complexity index is 462. The van der Waals surface area contributed by atoms with Crippen LogP contribution in [0.4, 0.5) is 0 Å². The normalized spacial score (nSPS) is 17.1. The van der Waals surface area contributed by atoms with Crippen molar-refractivity contribution in [2.24, 2.45) is 0 Å². The Balaban J connectivity index is 1.79. The van der Waals surface area contributed by atoms with Gasteiger partial charge in [0.1, 0.15) is 12.7 Å². The fourth-order valence-corrected chi connectivity index (χ4v) is 2.10. The van der Waals surface area contributed by atoms with Crippen LogP contribution in [0.1, 0.15) is 6.42 Å². The number of nitrogens with zero attached hydrogens (tertiary/aromatic N) is 2. The molecule has 20 heavy (non-hydrogen) atoms. The Morgan fingerprint density at radius 1 is 1.25 bits per heavy atom. The lowest BCUT2D eigenvalue weighted by molar-refractivity contribution is -0.129. The Hall–Kier alpha value is -1.75. The van der Waals surface area contributed by atoms with Gasteiger partial charge in [-0.3, -0.25) is 4.79 Å². The van der Waals surface area contributed by atoms with E-state index < -0.39 is 0 Å². The van der Waals surface area contributed by atoms with Gasteiger partial charge in [-0.1, -0.05) is 12.1 Å². The fraction of sp³-hybridized carbons (Fsp3) is 0.533. The Morgan fingerprint density at radius 3 is 2.65 bits per heavy atom. The SMILES string of the molecule is CN(CCC(=O)N(C)C)CC1COc2ccccc2O1. The van der Waals surface area contributed by atoms with Gasteiger partial charge in [-0.05, 0) is 19.2 Å². The van der Waals surface area contributed by atoms with Crippen molar-refractivity contribution in [1.82, 2.24) is 9.80 Å². The molecule has 1 atom stereocenters. The number of carbonyl (C=O) groups is 1. The molecule has 1 heterocycles. The third kappa shape index (κ3) is 3.87. The molecule has 0 fully saturated rings. The van der Waals surface area contributed by atoms with Gasteiger partial charge in [0.25, 0.3) is 0 Å². The Labute approximate surface area is 120 Å². The molecule has 0 bridgehead atoms.